The molecule has 0 saturated heterocycles. The molecule has 0 aromatic carbocycles. The summed E-state index contributed by atoms with van der Waals surface area (Å²) in [5.74, 6) is 1.56. The van der Waals surface area contributed by atoms with Crippen molar-refractivity contribution in [1.82, 2.24) is 4.98 Å². The van der Waals surface area contributed by atoms with Gasteiger partial charge in [-0.1, -0.05) is 26.8 Å². The number of hydrogen-bond donors (Lipinski definition) is 0. The summed E-state index contributed by atoms with van der Waals surface area (Å²) >= 11 is 0. The Hall–Kier alpha value is -1.05. The quantitative estimate of drug-likeness (QED) is 0.739. The highest BCUT2D eigenvalue weighted by Gasteiger charge is 2.38. The highest BCUT2D eigenvalue weighted by atomic mass is 16.5. The molecule has 1 aliphatic rings. The molecule has 82 valence electrons. The van der Waals surface area contributed by atoms with E-state index in [0.29, 0.717) is 11.5 Å². The fourth-order valence-electron chi connectivity index (χ4n) is 1.96. The molecule has 1 saturated carbocycles. The molecular formula is C13H19NO. The minimum atomic E-state index is 0.379. The number of ether oxygens (including phenoxy) is 1. The minimum Gasteiger partial charge on any atom is -0.474 e. The minimum absolute atomic E-state index is 0.379. The van der Waals surface area contributed by atoms with E-state index in [1.165, 1.54) is 12.8 Å². The second-order valence-electron chi connectivity index (χ2n) is 5.44. The number of aromatic nitrogens is 1. The van der Waals surface area contributed by atoms with E-state index in [1.807, 2.05) is 18.2 Å². The van der Waals surface area contributed by atoms with Crippen LogP contribution in [0.25, 0.3) is 0 Å². The lowest BCUT2D eigenvalue weighted by molar-refractivity contribution is 0.00480. The van der Waals surface area contributed by atoms with E-state index in [1.54, 1.807) is 6.20 Å². The molecule has 0 amide bonds. The van der Waals surface area contributed by atoms with Gasteiger partial charge in [0.1, 0.15) is 6.10 Å². The van der Waals surface area contributed by atoms with Gasteiger partial charge in [0.05, 0.1) is 0 Å². The lowest BCUT2D eigenvalue weighted by atomic mass is 9.67. The smallest absolute Gasteiger partial charge is 0.213 e. The molecule has 0 N–H and O–H groups in total. The predicted molar refractivity (Wildman–Crippen MR) is 60.8 cm³/mol. The Labute approximate surface area is 91.7 Å². The molecule has 0 aliphatic heterocycles. The fourth-order valence-corrected chi connectivity index (χ4v) is 1.96. The molecule has 1 aromatic rings. The molecule has 15 heavy (non-hydrogen) atoms. The zero-order chi connectivity index (χ0) is 10.9. The van der Waals surface area contributed by atoms with Crippen LogP contribution in [-0.2, 0) is 0 Å². The van der Waals surface area contributed by atoms with Gasteiger partial charge in [-0.05, 0) is 30.2 Å². The third-order valence-electron chi connectivity index (χ3n) is 3.24. The van der Waals surface area contributed by atoms with Crippen molar-refractivity contribution in [1.29, 1.82) is 0 Å². The highest BCUT2D eigenvalue weighted by molar-refractivity contribution is 5.10. The van der Waals surface area contributed by atoms with E-state index in [-0.39, 0.29) is 0 Å². The fraction of sp³-hybridized carbons (Fsp3) is 0.615. The van der Waals surface area contributed by atoms with Crippen molar-refractivity contribution in [2.45, 2.75) is 39.7 Å². The molecule has 2 rings (SSSR count). The molecule has 1 aliphatic carbocycles. The van der Waals surface area contributed by atoms with E-state index in [9.17, 15) is 0 Å². The number of hydrogen-bond acceptors (Lipinski definition) is 2. The Morgan fingerprint density at radius 2 is 2.00 bits per heavy atom. The largest absolute Gasteiger partial charge is 0.474 e. The van der Waals surface area contributed by atoms with Gasteiger partial charge in [-0.25, -0.2) is 4.98 Å². The predicted octanol–water partition coefficient (Wildman–Crippen LogP) is 3.29. The van der Waals surface area contributed by atoms with Crippen molar-refractivity contribution < 1.29 is 4.74 Å². The van der Waals surface area contributed by atoms with Crippen LogP contribution in [0.4, 0.5) is 0 Å². The zero-order valence-corrected chi connectivity index (χ0v) is 9.73. The summed E-state index contributed by atoms with van der Waals surface area (Å²) in [6, 6.07) is 5.79. The van der Waals surface area contributed by atoms with Crippen LogP contribution in [0.5, 0.6) is 5.88 Å². The van der Waals surface area contributed by atoms with E-state index in [0.717, 1.165) is 11.8 Å². The maximum absolute atomic E-state index is 5.76. The van der Waals surface area contributed by atoms with Crippen LogP contribution >= 0.6 is 0 Å². The molecule has 0 radical (unpaired) electrons. The lowest BCUT2D eigenvalue weighted by Gasteiger charge is -2.43. The average molecular weight is 205 g/mol. The van der Waals surface area contributed by atoms with Gasteiger partial charge in [0.15, 0.2) is 0 Å². The molecule has 1 heterocycles. The second kappa shape index (κ2) is 3.84. The summed E-state index contributed by atoms with van der Waals surface area (Å²) in [4.78, 5) is 4.17. The van der Waals surface area contributed by atoms with Gasteiger partial charge in [-0.15, -0.1) is 0 Å². The van der Waals surface area contributed by atoms with Crippen LogP contribution in [0, 0.1) is 11.3 Å². The van der Waals surface area contributed by atoms with Gasteiger partial charge >= 0.3 is 0 Å². The summed E-state index contributed by atoms with van der Waals surface area (Å²) in [7, 11) is 0. The first kappa shape index (κ1) is 10.5. The summed E-state index contributed by atoms with van der Waals surface area (Å²) in [6.07, 6.45) is 4.49. The summed E-state index contributed by atoms with van der Waals surface area (Å²) < 4.78 is 5.76. The molecule has 0 unspecified atom stereocenters. The van der Waals surface area contributed by atoms with Crippen LogP contribution < -0.4 is 4.74 Å². The lowest BCUT2D eigenvalue weighted by Crippen LogP contribution is -2.40. The SMILES string of the molecule is CC(C)(C)C1CC(Oc2ccccn2)C1. The molecule has 0 atom stereocenters. The Balaban J connectivity index is 1.82. The Bertz CT molecular complexity index is 309. The molecule has 0 bridgehead atoms. The van der Waals surface area contributed by atoms with E-state index >= 15 is 0 Å². The van der Waals surface area contributed by atoms with Crippen molar-refractivity contribution in [3.8, 4) is 5.88 Å². The summed E-state index contributed by atoms with van der Waals surface area (Å²) in [6.45, 7) is 6.90. The first-order valence-corrected chi connectivity index (χ1v) is 5.63. The standard InChI is InChI=1S/C13H19NO/c1-13(2,3)10-8-11(9-10)15-12-6-4-5-7-14-12/h4-7,10-11H,8-9H2,1-3H3. The summed E-state index contributed by atoms with van der Waals surface area (Å²) in [5, 5.41) is 0. The maximum Gasteiger partial charge on any atom is 0.213 e. The summed E-state index contributed by atoms with van der Waals surface area (Å²) in [5.41, 5.74) is 0.421. The van der Waals surface area contributed by atoms with Crippen LogP contribution in [-0.4, -0.2) is 11.1 Å². The topological polar surface area (TPSA) is 22.1 Å². The van der Waals surface area contributed by atoms with E-state index in [4.69, 9.17) is 4.74 Å². The molecule has 1 aromatic heterocycles. The average Bonchev–Trinajstić information content (AvgIpc) is 2.10. The Kier molecular flexibility index (Phi) is 2.68. The molecule has 0 spiro atoms. The molecular weight excluding hydrogens is 186 g/mol. The van der Waals surface area contributed by atoms with Crippen LogP contribution in [0.15, 0.2) is 24.4 Å². The van der Waals surface area contributed by atoms with Gasteiger partial charge in [0.2, 0.25) is 5.88 Å². The van der Waals surface area contributed by atoms with Gasteiger partial charge in [-0.2, -0.15) is 0 Å². The Morgan fingerprint density at radius 3 is 2.53 bits per heavy atom. The normalized spacial score (nSPS) is 25.8. The highest BCUT2D eigenvalue weighted by Crippen LogP contribution is 2.42. The second-order valence-corrected chi connectivity index (χ2v) is 5.44. The van der Waals surface area contributed by atoms with E-state index < -0.39 is 0 Å². The Morgan fingerprint density at radius 1 is 1.27 bits per heavy atom. The molecule has 2 heteroatoms. The first-order chi connectivity index (χ1) is 7.05. The van der Waals surface area contributed by atoms with Crippen molar-refractivity contribution in [3.63, 3.8) is 0 Å². The van der Waals surface area contributed by atoms with Crippen molar-refractivity contribution >= 4 is 0 Å². The van der Waals surface area contributed by atoms with Crippen LogP contribution in [0.3, 0.4) is 0 Å². The van der Waals surface area contributed by atoms with Gasteiger partial charge in [0.25, 0.3) is 0 Å². The third kappa shape index (κ3) is 2.49. The van der Waals surface area contributed by atoms with Crippen LogP contribution in [0.1, 0.15) is 33.6 Å². The third-order valence-corrected chi connectivity index (χ3v) is 3.24. The van der Waals surface area contributed by atoms with Gasteiger partial charge < -0.3 is 4.74 Å². The first-order valence-electron chi connectivity index (χ1n) is 5.63. The van der Waals surface area contributed by atoms with Crippen molar-refractivity contribution in [3.05, 3.63) is 24.4 Å². The number of nitrogens with zero attached hydrogens (tertiary/aromatic N) is 1. The number of pyridine rings is 1. The molecule has 2 nitrogen and oxygen atoms in total. The monoisotopic (exact) mass is 205 g/mol. The van der Waals surface area contributed by atoms with Crippen molar-refractivity contribution in [2.75, 3.05) is 0 Å². The van der Waals surface area contributed by atoms with Crippen LogP contribution in [0.2, 0.25) is 0 Å². The zero-order valence-electron chi connectivity index (χ0n) is 9.73. The molecule has 1 fully saturated rings. The maximum atomic E-state index is 5.76. The van der Waals surface area contributed by atoms with Gasteiger partial charge in [0, 0.05) is 12.3 Å². The van der Waals surface area contributed by atoms with E-state index in [2.05, 4.69) is 25.8 Å². The van der Waals surface area contributed by atoms with Gasteiger partial charge in [-0.3, -0.25) is 0 Å². The number of rotatable bonds is 2. The van der Waals surface area contributed by atoms with Crippen molar-refractivity contribution in [2.24, 2.45) is 11.3 Å².